The first-order valence-electron chi connectivity index (χ1n) is 8.21. The highest BCUT2D eigenvalue weighted by Gasteiger charge is 2.31. The van der Waals surface area contributed by atoms with Crippen molar-refractivity contribution >= 4 is 46.0 Å². The van der Waals surface area contributed by atoms with Crippen LogP contribution in [0.25, 0.3) is 6.08 Å². The van der Waals surface area contributed by atoms with E-state index >= 15 is 0 Å². The van der Waals surface area contributed by atoms with Gasteiger partial charge in [0.15, 0.2) is 0 Å². The minimum absolute atomic E-state index is 0.0428. The second-order valence-electron chi connectivity index (χ2n) is 5.45. The highest BCUT2D eigenvalue weighted by Crippen LogP contribution is 2.32. The van der Waals surface area contributed by atoms with Gasteiger partial charge in [-0.05, 0) is 44.0 Å². The molecule has 1 fully saturated rings. The SMILES string of the molecule is CCCCN1C(=O)C(=Cc2ccc(N(CC)CC)cc2)SC1=S. The Hall–Kier alpha value is -1.33. The predicted molar refractivity (Wildman–Crippen MR) is 105 cm³/mol. The van der Waals surface area contributed by atoms with Gasteiger partial charge in [0.1, 0.15) is 4.32 Å². The van der Waals surface area contributed by atoms with Crippen molar-refractivity contribution in [2.45, 2.75) is 33.6 Å². The summed E-state index contributed by atoms with van der Waals surface area (Å²) in [5, 5.41) is 0. The van der Waals surface area contributed by atoms with Gasteiger partial charge in [0.2, 0.25) is 0 Å². The van der Waals surface area contributed by atoms with E-state index in [1.807, 2.05) is 6.08 Å². The fraction of sp³-hybridized carbons (Fsp3) is 0.444. The van der Waals surface area contributed by atoms with Crippen molar-refractivity contribution in [3.8, 4) is 0 Å². The number of nitrogens with zero attached hydrogens (tertiary/aromatic N) is 2. The summed E-state index contributed by atoms with van der Waals surface area (Å²) in [4.78, 5) is 17.2. The molecule has 0 aliphatic carbocycles. The lowest BCUT2D eigenvalue weighted by Crippen LogP contribution is -2.28. The van der Waals surface area contributed by atoms with Crippen LogP contribution in [0.15, 0.2) is 29.2 Å². The minimum atomic E-state index is 0.0428. The highest BCUT2D eigenvalue weighted by molar-refractivity contribution is 8.26. The number of amides is 1. The number of carbonyl (C=O) groups is 1. The molecule has 1 saturated heterocycles. The number of thioether (sulfide) groups is 1. The largest absolute Gasteiger partial charge is 0.372 e. The molecule has 124 valence electrons. The zero-order chi connectivity index (χ0) is 16.8. The molecule has 23 heavy (non-hydrogen) atoms. The quantitative estimate of drug-likeness (QED) is 0.533. The molecule has 0 aromatic heterocycles. The number of hydrogen-bond acceptors (Lipinski definition) is 4. The van der Waals surface area contributed by atoms with Gasteiger partial charge in [0.25, 0.3) is 5.91 Å². The Morgan fingerprint density at radius 3 is 2.39 bits per heavy atom. The van der Waals surface area contributed by atoms with E-state index < -0.39 is 0 Å². The smallest absolute Gasteiger partial charge is 0.266 e. The van der Waals surface area contributed by atoms with Crippen LogP contribution in [0.5, 0.6) is 0 Å². The summed E-state index contributed by atoms with van der Waals surface area (Å²) in [5.74, 6) is 0.0428. The van der Waals surface area contributed by atoms with Crippen LogP contribution in [0, 0.1) is 0 Å². The van der Waals surface area contributed by atoms with Crippen molar-refractivity contribution in [3.05, 3.63) is 34.7 Å². The number of rotatable bonds is 7. The molecule has 1 heterocycles. The van der Waals surface area contributed by atoms with Gasteiger partial charge in [-0.15, -0.1) is 0 Å². The van der Waals surface area contributed by atoms with E-state index in [-0.39, 0.29) is 5.91 Å². The first-order chi connectivity index (χ1) is 11.1. The molecular weight excluding hydrogens is 324 g/mol. The average molecular weight is 349 g/mol. The molecule has 0 saturated carbocycles. The molecule has 0 bridgehead atoms. The lowest BCUT2D eigenvalue weighted by atomic mass is 10.1. The third kappa shape index (κ3) is 4.36. The van der Waals surface area contributed by atoms with Crippen molar-refractivity contribution < 1.29 is 4.79 Å². The van der Waals surface area contributed by atoms with E-state index in [1.54, 1.807) is 4.90 Å². The first kappa shape index (κ1) is 18.0. The van der Waals surface area contributed by atoms with Crippen molar-refractivity contribution in [1.29, 1.82) is 0 Å². The van der Waals surface area contributed by atoms with Crippen LogP contribution in [0.3, 0.4) is 0 Å². The number of carbonyl (C=O) groups excluding carboxylic acids is 1. The number of unbranched alkanes of at least 4 members (excludes halogenated alkanes) is 1. The van der Waals surface area contributed by atoms with E-state index in [9.17, 15) is 4.79 Å². The van der Waals surface area contributed by atoms with Crippen molar-refractivity contribution in [1.82, 2.24) is 4.90 Å². The van der Waals surface area contributed by atoms with Crippen LogP contribution in [-0.2, 0) is 4.79 Å². The number of thiocarbonyl (C=S) groups is 1. The molecule has 0 radical (unpaired) electrons. The maximum absolute atomic E-state index is 12.4. The Bertz CT molecular complexity index is 592. The third-order valence-corrected chi connectivity index (χ3v) is 5.31. The van der Waals surface area contributed by atoms with E-state index in [2.05, 4.69) is 49.9 Å². The Morgan fingerprint density at radius 1 is 1.17 bits per heavy atom. The lowest BCUT2D eigenvalue weighted by Gasteiger charge is -2.20. The predicted octanol–water partition coefficient (Wildman–Crippen LogP) is 4.53. The van der Waals surface area contributed by atoms with Gasteiger partial charge in [0.05, 0.1) is 4.91 Å². The summed E-state index contributed by atoms with van der Waals surface area (Å²) in [7, 11) is 0. The Morgan fingerprint density at radius 2 is 1.83 bits per heavy atom. The maximum Gasteiger partial charge on any atom is 0.266 e. The molecule has 1 aromatic carbocycles. The molecule has 3 nitrogen and oxygen atoms in total. The van der Waals surface area contributed by atoms with Gasteiger partial charge in [-0.1, -0.05) is 49.5 Å². The average Bonchev–Trinajstić information content (AvgIpc) is 2.82. The van der Waals surface area contributed by atoms with Crippen LogP contribution in [0.2, 0.25) is 0 Å². The minimum Gasteiger partial charge on any atom is -0.372 e. The molecule has 1 aliphatic rings. The summed E-state index contributed by atoms with van der Waals surface area (Å²) < 4.78 is 0.675. The van der Waals surface area contributed by atoms with Gasteiger partial charge in [0, 0.05) is 25.3 Å². The van der Waals surface area contributed by atoms with E-state index in [1.165, 1.54) is 17.4 Å². The van der Waals surface area contributed by atoms with Gasteiger partial charge >= 0.3 is 0 Å². The summed E-state index contributed by atoms with van der Waals surface area (Å²) in [6.45, 7) is 9.13. The number of hydrogen-bond donors (Lipinski definition) is 0. The summed E-state index contributed by atoms with van der Waals surface area (Å²) in [6.07, 6.45) is 3.98. The summed E-state index contributed by atoms with van der Waals surface area (Å²) in [6, 6.07) is 8.34. The van der Waals surface area contributed by atoms with Gasteiger partial charge in [-0.25, -0.2) is 0 Å². The van der Waals surface area contributed by atoms with Crippen LogP contribution in [0.1, 0.15) is 39.2 Å². The van der Waals surface area contributed by atoms with Crippen LogP contribution >= 0.6 is 24.0 Å². The van der Waals surface area contributed by atoms with E-state index in [0.29, 0.717) is 4.32 Å². The summed E-state index contributed by atoms with van der Waals surface area (Å²) in [5.41, 5.74) is 2.25. The molecule has 1 aromatic rings. The number of benzene rings is 1. The molecule has 2 rings (SSSR count). The zero-order valence-electron chi connectivity index (χ0n) is 14.0. The molecule has 0 unspecified atom stereocenters. The third-order valence-electron chi connectivity index (χ3n) is 3.93. The molecule has 0 spiro atoms. The molecule has 1 aliphatic heterocycles. The maximum atomic E-state index is 12.4. The van der Waals surface area contributed by atoms with E-state index in [4.69, 9.17) is 12.2 Å². The Labute approximate surface area is 148 Å². The van der Waals surface area contributed by atoms with Gasteiger partial charge < -0.3 is 4.90 Å². The van der Waals surface area contributed by atoms with Gasteiger partial charge in [-0.2, -0.15) is 0 Å². The fourth-order valence-corrected chi connectivity index (χ4v) is 3.84. The van der Waals surface area contributed by atoms with Gasteiger partial charge in [-0.3, -0.25) is 9.69 Å². The normalized spacial score (nSPS) is 16.5. The second kappa shape index (κ2) is 8.50. The fourth-order valence-electron chi connectivity index (χ4n) is 2.53. The monoisotopic (exact) mass is 348 g/mol. The van der Waals surface area contributed by atoms with Crippen LogP contribution in [0.4, 0.5) is 5.69 Å². The Balaban J connectivity index is 2.13. The molecule has 1 amide bonds. The Kier molecular flexibility index (Phi) is 6.66. The zero-order valence-corrected chi connectivity index (χ0v) is 15.7. The van der Waals surface area contributed by atoms with Crippen molar-refractivity contribution in [2.24, 2.45) is 0 Å². The highest BCUT2D eigenvalue weighted by atomic mass is 32.2. The molecular formula is C18H24N2OS2. The molecule has 0 N–H and O–H groups in total. The van der Waals surface area contributed by atoms with Crippen LogP contribution in [-0.4, -0.2) is 34.8 Å². The van der Waals surface area contributed by atoms with Crippen LogP contribution < -0.4 is 4.90 Å². The second-order valence-corrected chi connectivity index (χ2v) is 7.13. The standard InChI is InChI=1S/C18H24N2OS2/c1-4-7-12-20-17(21)16(23-18(20)22)13-14-8-10-15(11-9-14)19(5-2)6-3/h8-11,13H,4-7,12H2,1-3H3. The summed E-state index contributed by atoms with van der Waals surface area (Å²) >= 11 is 6.74. The van der Waals surface area contributed by atoms with E-state index in [0.717, 1.165) is 42.9 Å². The lowest BCUT2D eigenvalue weighted by molar-refractivity contribution is -0.122. The molecule has 5 heteroatoms. The van der Waals surface area contributed by atoms with Crippen molar-refractivity contribution in [3.63, 3.8) is 0 Å². The first-order valence-corrected chi connectivity index (χ1v) is 9.43. The van der Waals surface area contributed by atoms with Crippen molar-refractivity contribution in [2.75, 3.05) is 24.5 Å². The topological polar surface area (TPSA) is 23.6 Å². The molecule has 0 atom stereocenters. The number of anilines is 1.